The Morgan fingerprint density at radius 3 is 2.81 bits per heavy atom. The van der Waals surface area contributed by atoms with Crippen LogP contribution in [0.15, 0.2) is 35.2 Å². The van der Waals surface area contributed by atoms with Crippen molar-refractivity contribution in [3.8, 4) is 0 Å². The molecule has 0 bridgehead atoms. The number of aromatic nitrogens is 2. The van der Waals surface area contributed by atoms with Crippen molar-refractivity contribution >= 4 is 39.3 Å². The van der Waals surface area contributed by atoms with E-state index in [0.29, 0.717) is 4.47 Å². The van der Waals surface area contributed by atoms with Crippen LogP contribution in [0.3, 0.4) is 0 Å². The first-order valence-corrected chi connectivity index (χ1v) is 6.57. The van der Waals surface area contributed by atoms with Gasteiger partial charge in [0.25, 0.3) is 5.91 Å². The van der Waals surface area contributed by atoms with E-state index in [0.717, 1.165) is 0 Å². The third kappa shape index (κ3) is 3.34. The molecule has 0 aliphatic rings. The third-order valence-corrected chi connectivity index (χ3v) is 3.04. The maximum atomic E-state index is 12.2. The third-order valence-electron chi connectivity index (χ3n) is 2.60. The summed E-state index contributed by atoms with van der Waals surface area (Å²) < 4.78 is 5.25. The summed E-state index contributed by atoms with van der Waals surface area (Å²) in [6.45, 7) is 0. The molecule has 0 aromatic carbocycles. The summed E-state index contributed by atoms with van der Waals surface area (Å²) in [5.74, 6) is -0.999. The van der Waals surface area contributed by atoms with Gasteiger partial charge in [-0.25, -0.2) is 9.78 Å². The molecule has 0 spiro atoms. The number of nitrogens with zero attached hydrogens (tertiary/aromatic N) is 2. The number of esters is 1. The van der Waals surface area contributed by atoms with Gasteiger partial charge in [-0.2, -0.15) is 0 Å². The molecule has 0 atom stereocenters. The summed E-state index contributed by atoms with van der Waals surface area (Å²) in [5, 5.41) is 2.59. The fraction of sp³-hybridized carbons (Fsp3) is 0.0769. The zero-order valence-electron chi connectivity index (χ0n) is 11.0. The molecule has 0 radical (unpaired) electrons. The average Bonchev–Trinajstić information content (AvgIpc) is 2.49. The number of nitrogen functional groups attached to an aromatic ring is 1. The molecule has 2 aromatic heterocycles. The molecule has 0 saturated carbocycles. The molecule has 0 aliphatic heterocycles. The fourth-order valence-corrected chi connectivity index (χ4v) is 1.93. The minimum Gasteiger partial charge on any atom is -0.465 e. The van der Waals surface area contributed by atoms with Gasteiger partial charge in [-0.3, -0.25) is 9.78 Å². The van der Waals surface area contributed by atoms with Crippen LogP contribution in [0.1, 0.15) is 20.7 Å². The Balaban J connectivity index is 2.32. The van der Waals surface area contributed by atoms with E-state index in [1.165, 1.54) is 37.8 Å². The van der Waals surface area contributed by atoms with Crippen LogP contribution < -0.4 is 11.1 Å². The van der Waals surface area contributed by atoms with E-state index in [-0.39, 0.29) is 22.6 Å². The fourth-order valence-electron chi connectivity index (χ4n) is 1.60. The maximum absolute atomic E-state index is 12.2. The maximum Gasteiger partial charge on any atom is 0.341 e. The summed E-state index contributed by atoms with van der Waals surface area (Å²) in [4.78, 5) is 31.6. The number of anilines is 2. The lowest BCUT2D eigenvalue weighted by atomic mass is 10.2. The van der Waals surface area contributed by atoms with Gasteiger partial charge in [0.05, 0.1) is 18.4 Å². The second-order valence-corrected chi connectivity index (χ2v) is 4.87. The highest BCUT2D eigenvalue weighted by molar-refractivity contribution is 9.10. The molecule has 21 heavy (non-hydrogen) atoms. The van der Waals surface area contributed by atoms with Crippen LogP contribution in [0, 0.1) is 0 Å². The summed E-state index contributed by atoms with van der Waals surface area (Å²) in [6.07, 6.45) is 4.24. The number of carbonyl (C=O) groups excluding carboxylic acids is 2. The standard InChI is InChI=1S/C13H11BrN4O3/c1-21-13(20)9-6-16-3-2-10(9)18-12(19)8-4-7(14)5-17-11(8)15/h2-6H,1H3,(H2,15,17)(H,16,18,19). The molecule has 7 nitrogen and oxygen atoms in total. The highest BCUT2D eigenvalue weighted by Gasteiger charge is 2.17. The van der Waals surface area contributed by atoms with Crippen LogP contribution in [0.25, 0.3) is 0 Å². The molecule has 2 heterocycles. The Labute approximate surface area is 128 Å². The van der Waals surface area contributed by atoms with Crippen LogP contribution in [0.2, 0.25) is 0 Å². The van der Waals surface area contributed by atoms with Crippen molar-refractivity contribution < 1.29 is 14.3 Å². The van der Waals surface area contributed by atoms with Gasteiger partial charge < -0.3 is 15.8 Å². The van der Waals surface area contributed by atoms with Gasteiger partial charge in [0.15, 0.2) is 0 Å². The predicted molar refractivity (Wildman–Crippen MR) is 79.9 cm³/mol. The minimum absolute atomic E-state index is 0.0874. The summed E-state index contributed by atoms with van der Waals surface area (Å²) in [6, 6.07) is 3.03. The number of amides is 1. The molecule has 8 heteroatoms. The minimum atomic E-state index is -0.598. The molecule has 3 N–H and O–H groups in total. The van der Waals surface area contributed by atoms with Crippen molar-refractivity contribution in [1.29, 1.82) is 0 Å². The van der Waals surface area contributed by atoms with Gasteiger partial charge in [-0.1, -0.05) is 0 Å². The number of ether oxygens (including phenoxy) is 1. The summed E-state index contributed by atoms with van der Waals surface area (Å²) >= 11 is 3.22. The number of nitrogens with two attached hydrogens (primary N) is 1. The van der Waals surface area contributed by atoms with E-state index >= 15 is 0 Å². The number of pyridine rings is 2. The Morgan fingerprint density at radius 2 is 2.10 bits per heavy atom. The van der Waals surface area contributed by atoms with Crippen molar-refractivity contribution in [3.05, 3.63) is 46.3 Å². The number of nitrogens with one attached hydrogen (secondary N) is 1. The Hall–Kier alpha value is -2.48. The number of rotatable bonds is 3. The van der Waals surface area contributed by atoms with Gasteiger partial charge in [0.1, 0.15) is 11.4 Å². The summed E-state index contributed by atoms with van der Waals surface area (Å²) in [7, 11) is 1.25. The van der Waals surface area contributed by atoms with Gasteiger partial charge >= 0.3 is 5.97 Å². The average molecular weight is 351 g/mol. The first-order chi connectivity index (χ1) is 10.0. The molecule has 2 rings (SSSR count). The van der Waals surface area contributed by atoms with E-state index < -0.39 is 11.9 Å². The number of hydrogen-bond donors (Lipinski definition) is 2. The van der Waals surface area contributed by atoms with Gasteiger partial charge in [-0.05, 0) is 28.1 Å². The summed E-state index contributed by atoms with van der Waals surface area (Å²) in [5.41, 5.74) is 6.29. The lowest BCUT2D eigenvalue weighted by Gasteiger charge is -2.10. The molecule has 108 valence electrons. The SMILES string of the molecule is COC(=O)c1cnccc1NC(=O)c1cc(Br)cnc1N. The number of halogens is 1. The second kappa shape index (κ2) is 6.31. The second-order valence-electron chi connectivity index (χ2n) is 3.95. The van der Waals surface area contributed by atoms with E-state index in [1.807, 2.05) is 0 Å². The van der Waals surface area contributed by atoms with Crippen LogP contribution in [-0.2, 0) is 4.74 Å². The first kappa shape index (κ1) is 14.9. The lowest BCUT2D eigenvalue weighted by Crippen LogP contribution is -2.17. The van der Waals surface area contributed by atoms with Gasteiger partial charge in [0, 0.05) is 23.1 Å². The van der Waals surface area contributed by atoms with Crippen molar-refractivity contribution in [1.82, 2.24) is 9.97 Å². The normalized spacial score (nSPS) is 10.0. The largest absolute Gasteiger partial charge is 0.465 e. The monoisotopic (exact) mass is 350 g/mol. The predicted octanol–water partition coefficient (Wildman–Crippen LogP) is 1.86. The van der Waals surface area contributed by atoms with Crippen LogP contribution in [0.5, 0.6) is 0 Å². The van der Waals surface area contributed by atoms with E-state index in [4.69, 9.17) is 5.73 Å². The molecule has 0 unspecified atom stereocenters. The first-order valence-electron chi connectivity index (χ1n) is 5.77. The van der Waals surface area contributed by atoms with Crippen molar-refractivity contribution in [2.75, 3.05) is 18.2 Å². The Bertz CT molecular complexity index is 706. The lowest BCUT2D eigenvalue weighted by molar-refractivity contribution is 0.0601. The number of hydrogen-bond acceptors (Lipinski definition) is 6. The highest BCUT2D eigenvalue weighted by atomic mass is 79.9. The molecular weight excluding hydrogens is 340 g/mol. The van der Waals surface area contributed by atoms with E-state index in [2.05, 4.69) is 36.0 Å². The van der Waals surface area contributed by atoms with Crippen molar-refractivity contribution in [2.24, 2.45) is 0 Å². The van der Waals surface area contributed by atoms with Gasteiger partial charge in [-0.15, -0.1) is 0 Å². The highest BCUT2D eigenvalue weighted by Crippen LogP contribution is 2.19. The Kier molecular flexibility index (Phi) is 4.49. The Morgan fingerprint density at radius 1 is 1.33 bits per heavy atom. The van der Waals surface area contributed by atoms with E-state index in [9.17, 15) is 9.59 Å². The topological polar surface area (TPSA) is 107 Å². The molecule has 0 aliphatic carbocycles. The van der Waals surface area contributed by atoms with Crippen LogP contribution in [0.4, 0.5) is 11.5 Å². The molecule has 2 aromatic rings. The molecule has 0 saturated heterocycles. The van der Waals surface area contributed by atoms with E-state index in [1.54, 1.807) is 0 Å². The van der Waals surface area contributed by atoms with Crippen molar-refractivity contribution in [2.45, 2.75) is 0 Å². The zero-order chi connectivity index (χ0) is 15.4. The molecule has 0 fully saturated rings. The van der Waals surface area contributed by atoms with Crippen LogP contribution >= 0.6 is 15.9 Å². The number of carbonyl (C=O) groups is 2. The smallest absolute Gasteiger partial charge is 0.341 e. The quantitative estimate of drug-likeness (QED) is 0.818. The van der Waals surface area contributed by atoms with Crippen LogP contribution in [-0.4, -0.2) is 29.0 Å². The zero-order valence-corrected chi connectivity index (χ0v) is 12.5. The van der Waals surface area contributed by atoms with Gasteiger partial charge in [0.2, 0.25) is 0 Å². The molecule has 1 amide bonds. The van der Waals surface area contributed by atoms with Crippen molar-refractivity contribution in [3.63, 3.8) is 0 Å². The molecular formula is C13H11BrN4O3. The number of methoxy groups -OCH3 is 1.